The van der Waals surface area contributed by atoms with Crippen molar-refractivity contribution >= 4 is 44.8 Å². The van der Waals surface area contributed by atoms with Crippen LogP contribution in [0.4, 0.5) is 5.69 Å². The van der Waals surface area contributed by atoms with Crippen LogP contribution < -0.4 is 14.8 Å². The number of benzene rings is 3. The summed E-state index contributed by atoms with van der Waals surface area (Å²) in [5.74, 6) is 1.33. The van der Waals surface area contributed by atoms with Gasteiger partial charge in [-0.2, -0.15) is 0 Å². The molecule has 1 N–H and O–H groups in total. The number of hydrogen-bond acceptors (Lipinski definition) is 3. The third-order valence-corrected chi connectivity index (χ3v) is 5.27. The molecule has 27 heavy (non-hydrogen) atoms. The Kier molecular flexibility index (Phi) is 6.89. The Morgan fingerprint density at radius 2 is 1.59 bits per heavy atom. The van der Waals surface area contributed by atoms with Crippen LogP contribution in [0.15, 0.2) is 65.1 Å². The Bertz CT molecular complexity index is 896. The first-order valence-corrected chi connectivity index (χ1v) is 9.84. The van der Waals surface area contributed by atoms with E-state index in [1.807, 2.05) is 48.5 Å². The number of para-hydroxylation sites is 1. The van der Waals surface area contributed by atoms with Crippen LogP contribution in [0.5, 0.6) is 11.5 Å². The van der Waals surface area contributed by atoms with Gasteiger partial charge in [0.2, 0.25) is 0 Å². The first-order chi connectivity index (χ1) is 13.1. The zero-order valence-corrected chi connectivity index (χ0v) is 17.7. The number of anilines is 1. The van der Waals surface area contributed by atoms with Crippen molar-refractivity contribution in [2.24, 2.45) is 0 Å². The molecule has 0 saturated heterocycles. The average molecular weight is 467 g/mol. The number of methoxy groups -OCH3 is 1. The lowest BCUT2D eigenvalue weighted by Crippen LogP contribution is -2.05. The first kappa shape index (κ1) is 19.9. The fourth-order valence-corrected chi connectivity index (χ4v) is 3.38. The lowest BCUT2D eigenvalue weighted by molar-refractivity contribution is 0.282. The van der Waals surface area contributed by atoms with Gasteiger partial charge < -0.3 is 14.8 Å². The van der Waals surface area contributed by atoms with E-state index >= 15 is 0 Å². The van der Waals surface area contributed by atoms with Crippen LogP contribution in [0.2, 0.25) is 10.0 Å². The molecule has 0 heterocycles. The van der Waals surface area contributed by atoms with Crippen molar-refractivity contribution in [3.05, 3.63) is 86.3 Å². The number of hydrogen-bond donors (Lipinski definition) is 1. The molecule has 3 nitrogen and oxygen atoms in total. The third kappa shape index (κ3) is 5.10. The molecule has 0 fully saturated rings. The molecular formula is C21H18BrCl2NO2. The summed E-state index contributed by atoms with van der Waals surface area (Å²) in [6.07, 6.45) is 0. The molecule has 140 valence electrons. The van der Waals surface area contributed by atoms with Crippen LogP contribution in [-0.4, -0.2) is 7.11 Å². The zero-order valence-electron chi connectivity index (χ0n) is 14.6. The van der Waals surface area contributed by atoms with E-state index in [-0.39, 0.29) is 6.61 Å². The van der Waals surface area contributed by atoms with Crippen molar-refractivity contribution in [3.8, 4) is 11.5 Å². The van der Waals surface area contributed by atoms with Gasteiger partial charge in [0.05, 0.1) is 7.11 Å². The summed E-state index contributed by atoms with van der Waals surface area (Å²) in [4.78, 5) is 0. The summed E-state index contributed by atoms with van der Waals surface area (Å²) in [6, 6.07) is 19.2. The SMILES string of the molecule is COc1cccc(CNc2ccc(Br)cc2)c1OCc1c(Cl)cccc1Cl. The van der Waals surface area contributed by atoms with E-state index in [1.54, 1.807) is 19.2 Å². The highest BCUT2D eigenvalue weighted by atomic mass is 79.9. The van der Waals surface area contributed by atoms with E-state index < -0.39 is 0 Å². The molecular weight excluding hydrogens is 449 g/mol. The summed E-state index contributed by atoms with van der Waals surface area (Å²) in [6.45, 7) is 0.842. The standard InChI is InChI=1S/C21H18BrCl2NO2/c1-26-20-7-2-4-14(12-25-16-10-8-15(22)9-11-16)21(20)27-13-17-18(23)5-3-6-19(17)24/h2-11,25H,12-13H2,1H3. The van der Waals surface area contributed by atoms with Crippen molar-refractivity contribution in [3.63, 3.8) is 0 Å². The van der Waals surface area contributed by atoms with Gasteiger partial charge in [0.1, 0.15) is 6.61 Å². The minimum absolute atomic E-state index is 0.254. The highest BCUT2D eigenvalue weighted by Crippen LogP contribution is 2.34. The Morgan fingerprint density at radius 3 is 2.26 bits per heavy atom. The van der Waals surface area contributed by atoms with E-state index in [9.17, 15) is 0 Å². The number of nitrogens with one attached hydrogen (secondary N) is 1. The van der Waals surface area contributed by atoms with Crippen LogP contribution in [0, 0.1) is 0 Å². The van der Waals surface area contributed by atoms with Gasteiger partial charge in [-0.1, -0.05) is 57.3 Å². The smallest absolute Gasteiger partial charge is 0.166 e. The van der Waals surface area contributed by atoms with Crippen molar-refractivity contribution in [1.29, 1.82) is 0 Å². The van der Waals surface area contributed by atoms with Gasteiger partial charge in [-0.15, -0.1) is 0 Å². The molecule has 0 radical (unpaired) electrons. The largest absolute Gasteiger partial charge is 0.493 e. The molecule has 6 heteroatoms. The molecule has 0 amide bonds. The summed E-state index contributed by atoms with van der Waals surface area (Å²) in [5.41, 5.74) is 2.74. The monoisotopic (exact) mass is 465 g/mol. The fraction of sp³-hybridized carbons (Fsp3) is 0.143. The second kappa shape index (κ2) is 9.36. The molecule has 0 spiro atoms. The predicted octanol–water partition coefficient (Wildman–Crippen LogP) is 6.96. The van der Waals surface area contributed by atoms with E-state index in [4.69, 9.17) is 32.7 Å². The Morgan fingerprint density at radius 1 is 0.926 bits per heavy atom. The molecule has 3 rings (SSSR count). The van der Waals surface area contributed by atoms with Gasteiger partial charge in [0, 0.05) is 37.9 Å². The lowest BCUT2D eigenvalue weighted by atomic mass is 10.1. The van der Waals surface area contributed by atoms with E-state index in [0.717, 1.165) is 21.3 Å². The molecule has 0 atom stereocenters. The number of ether oxygens (including phenoxy) is 2. The highest BCUT2D eigenvalue weighted by molar-refractivity contribution is 9.10. The summed E-state index contributed by atoms with van der Waals surface area (Å²) < 4.78 is 12.6. The van der Waals surface area contributed by atoms with Crippen LogP contribution in [0.25, 0.3) is 0 Å². The fourth-order valence-electron chi connectivity index (χ4n) is 2.60. The molecule has 0 aliphatic rings. The van der Waals surface area contributed by atoms with Gasteiger partial charge in [-0.3, -0.25) is 0 Å². The second-order valence-corrected chi connectivity index (χ2v) is 7.53. The van der Waals surface area contributed by atoms with Gasteiger partial charge in [0.15, 0.2) is 11.5 Å². The minimum atomic E-state index is 0.254. The molecule has 0 aliphatic heterocycles. The maximum absolute atomic E-state index is 6.25. The third-order valence-electron chi connectivity index (χ3n) is 4.03. The first-order valence-electron chi connectivity index (χ1n) is 8.29. The quantitative estimate of drug-likeness (QED) is 0.408. The zero-order chi connectivity index (χ0) is 19.2. The number of rotatable bonds is 7. The van der Waals surface area contributed by atoms with Crippen LogP contribution in [-0.2, 0) is 13.2 Å². The highest BCUT2D eigenvalue weighted by Gasteiger charge is 2.13. The van der Waals surface area contributed by atoms with Gasteiger partial charge in [-0.05, 0) is 42.5 Å². The van der Waals surface area contributed by atoms with Gasteiger partial charge in [-0.25, -0.2) is 0 Å². The average Bonchev–Trinajstić information content (AvgIpc) is 2.67. The van der Waals surface area contributed by atoms with Crippen molar-refractivity contribution < 1.29 is 9.47 Å². The molecule has 0 unspecified atom stereocenters. The van der Waals surface area contributed by atoms with Crippen LogP contribution in [0.3, 0.4) is 0 Å². The number of halogens is 3. The summed E-state index contributed by atoms with van der Waals surface area (Å²) >= 11 is 15.9. The molecule has 0 aromatic heterocycles. The Labute approximate surface area is 177 Å². The van der Waals surface area contributed by atoms with Crippen LogP contribution >= 0.6 is 39.1 Å². The molecule has 0 aliphatic carbocycles. The second-order valence-electron chi connectivity index (χ2n) is 5.80. The maximum atomic E-state index is 6.25. The normalized spacial score (nSPS) is 10.5. The Hall–Kier alpha value is -1.88. The van der Waals surface area contributed by atoms with E-state index in [1.165, 1.54) is 0 Å². The lowest BCUT2D eigenvalue weighted by Gasteiger charge is -2.17. The van der Waals surface area contributed by atoms with Gasteiger partial charge >= 0.3 is 0 Å². The Balaban J connectivity index is 1.79. The van der Waals surface area contributed by atoms with Crippen molar-refractivity contribution in [2.75, 3.05) is 12.4 Å². The van der Waals surface area contributed by atoms with Crippen molar-refractivity contribution in [2.45, 2.75) is 13.2 Å². The van der Waals surface area contributed by atoms with Crippen LogP contribution in [0.1, 0.15) is 11.1 Å². The maximum Gasteiger partial charge on any atom is 0.166 e. The van der Waals surface area contributed by atoms with E-state index in [2.05, 4.69) is 21.2 Å². The molecule has 0 saturated carbocycles. The molecule has 0 bridgehead atoms. The summed E-state index contributed by atoms with van der Waals surface area (Å²) in [7, 11) is 1.62. The summed E-state index contributed by atoms with van der Waals surface area (Å²) in [5, 5.41) is 4.54. The van der Waals surface area contributed by atoms with E-state index in [0.29, 0.717) is 28.1 Å². The minimum Gasteiger partial charge on any atom is -0.493 e. The molecule has 3 aromatic rings. The van der Waals surface area contributed by atoms with Crippen molar-refractivity contribution in [1.82, 2.24) is 0 Å². The molecule has 3 aromatic carbocycles. The predicted molar refractivity (Wildman–Crippen MR) is 115 cm³/mol. The topological polar surface area (TPSA) is 30.5 Å². The van der Waals surface area contributed by atoms with Gasteiger partial charge in [0.25, 0.3) is 0 Å².